The van der Waals surface area contributed by atoms with E-state index < -0.39 is 0 Å². The minimum Gasteiger partial charge on any atom is -0.317 e. The Morgan fingerprint density at radius 2 is 2.07 bits per heavy atom. The molecule has 1 saturated heterocycles. The Morgan fingerprint density at radius 1 is 1.33 bits per heavy atom. The van der Waals surface area contributed by atoms with Crippen LogP contribution in [0.15, 0.2) is 18.2 Å². The Morgan fingerprint density at radius 3 is 2.80 bits per heavy atom. The number of benzene rings is 1. The van der Waals surface area contributed by atoms with Gasteiger partial charge in [0.2, 0.25) is 0 Å². The minimum absolute atomic E-state index is 0.0425. The molecule has 2 rings (SSSR count). The number of rotatable bonds is 2. The maximum absolute atomic E-state index is 13.5. The smallest absolute Gasteiger partial charge is 0.126 e. The third-order valence-corrected chi connectivity index (χ3v) is 3.17. The molecule has 0 aliphatic carbocycles. The van der Waals surface area contributed by atoms with Crippen molar-refractivity contribution in [1.29, 1.82) is 0 Å². The summed E-state index contributed by atoms with van der Waals surface area (Å²) < 4.78 is 13.5. The highest BCUT2D eigenvalue weighted by molar-refractivity contribution is 5.24. The zero-order valence-electron chi connectivity index (χ0n) is 9.22. The van der Waals surface area contributed by atoms with Gasteiger partial charge in [-0.3, -0.25) is 0 Å². The molecule has 0 bridgehead atoms. The van der Waals surface area contributed by atoms with E-state index in [4.69, 9.17) is 0 Å². The average Bonchev–Trinajstić information content (AvgIpc) is 2.25. The largest absolute Gasteiger partial charge is 0.317 e. The van der Waals surface area contributed by atoms with Crippen molar-refractivity contribution in [3.63, 3.8) is 0 Å². The van der Waals surface area contributed by atoms with Crippen molar-refractivity contribution in [2.45, 2.75) is 26.2 Å². The lowest BCUT2D eigenvalue weighted by Crippen LogP contribution is -2.28. The van der Waals surface area contributed by atoms with Crippen molar-refractivity contribution in [2.24, 2.45) is 5.92 Å². The van der Waals surface area contributed by atoms with Crippen molar-refractivity contribution in [2.75, 3.05) is 13.1 Å². The van der Waals surface area contributed by atoms with Crippen molar-refractivity contribution in [1.82, 2.24) is 5.32 Å². The molecule has 0 aromatic heterocycles. The number of nitrogens with one attached hydrogen (secondary N) is 1. The summed E-state index contributed by atoms with van der Waals surface area (Å²) in [6.45, 7) is 4.18. The second kappa shape index (κ2) is 4.75. The van der Waals surface area contributed by atoms with Gasteiger partial charge in [0.25, 0.3) is 0 Å². The summed E-state index contributed by atoms with van der Waals surface area (Å²) in [4.78, 5) is 0. The van der Waals surface area contributed by atoms with E-state index in [0.29, 0.717) is 5.92 Å². The van der Waals surface area contributed by atoms with Crippen LogP contribution in [0, 0.1) is 18.7 Å². The van der Waals surface area contributed by atoms with Gasteiger partial charge in [-0.1, -0.05) is 17.7 Å². The van der Waals surface area contributed by atoms with Gasteiger partial charge in [-0.25, -0.2) is 4.39 Å². The second-order valence-electron chi connectivity index (χ2n) is 4.49. The summed E-state index contributed by atoms with van der Waals surface area (Å²) in [7, 11) is 0. The first-order chi connectivity index (χ1) is 7.25. The number of halogens is 1. The molecule has 1 N–H and O–H groups in total. The molecule has 1 nitrogen and oxygen atoms in total. The fraction of sp³-hybridized carbons (Fsp3) is 0.538. The van der Waals surface area contributed by atoms with Gasteiger partial charge < -0.3 is 5.32 Å². The summed E-state index contributed by atoms with van der Waals surface area (Å²) in [5, 5.41) is 3.33. The monoisotopic (exact) mass is 207 g/mol. The van der Waals surface area contributed by atoms with Crippen LogP contribution in [0.25, 0.3) is 0 Å². The molecule has 1 aromatic rings. The predicted molar refractivity (Wildman–Crippen MR) is 60.4 cm³/mol. The molecule has 0 spiro atoms. The van der Waals surface area contributed by atoms with Crippen LogP contribution in [0.5, 0.6) is 0 Å². The van der Waals surface area contributed by atoms with Gasteiger partial charge in [0.05, 0.1) is 0 Å². The average molecular weight is 207 g/mol. The van der Waals surface area contributed by atoms with Gasteiger partial charge in [-0.05, 0) is 56.8 Å². The molecule has 15 heavy (non-hydrogen) atoms. The molecule has 1 aliphatic rings. The number of aryl methyl sites for hydroxylation is 1. The molecular formula is C13H18FN. The van der Waals surface area contributed by atoms with E-state index in [-0.39, 0.29) is 5.82 Å². The van der Waals surface area contributed by atoms with Gasteiger partial charge >= 0.3 is 0 Å². The number of hydrogen-bond acceptors (Lipinski definition) is 1. The third kappa shape index (κ3) is 2.78. The molecule has 0 unspecified atom stereocenters. The summed E-state index contributed by atoms with van der Waals surface area (Å²) in [6, 6.07) is 5.41. The fourth-order valence-corrected chi connectivity index (χ4v) is 2.26. The second-order valence-corrected chi connectivity index (χ2v) is 4.49. The topological polar surface area (TPSA) is 12.0 Å². The Kier molecular flexibility index (Phi) is 3.37. The van der Waals surface area contributed by atoms with E-state index in [2.05, 4.69) is 5.32 Å². The SMILES string of the molecule is Cc1ccc(F)c(CC2CCNCC2)c1. The van der Waals surface area contributed by atoms with Gasteiger partial charge in [-0.2, -0.15) is 0 Å². The summed E-state index contributed by atoms with van der Waals surface area (Å²) in [5.41, 5.74) is 2.04. The number of piperidine rings is 1. The van der Waals surface area contributed by atoms with Crippen LogP contribution in [-0.2, 0) is 6.42 Å². The molecule has 0 atom stereocenters. The number of hydrogen-bond donors (Lipinski definition) is 1. The van der Waals surface area contributed by atoms with E-state index in [0.717, 1.165) is 30.6 Å². The van der Waals surface area contributed by atoms with Crippen LogP contribution in [0.3, 0.4) is 0 Å². The fourth-order valence-electron chi connectivity index (χ4n) is 2.26. The Bertz CT molecular complexity index is 329. The maximum atomic E-state index is 13.5. The first-order valence-electron chi connectivity index (χ1n) is 5.71. The van der Waals surface area contributed by atoms with Crippen LogP contribution in [0.4, 0.5) is 4.39 Å². The quantitative estimate of drug-likeness (QED) is 0.786. The van der Waals surface area contributed by atoms with E-state index >= 15 is 0 Å². The van der Waals surface area contributed by atoms with Crippen molar-refractivity contribution in [3.8, 4) is 0 Å². The van der Waals surface area contributed by atoms with Crippen molar-refractivity contribution < 1.29 is 4.39 Å². The molecule has 1 heterocycles. The first kappa shape index (κ1) is 10.6. The lowest BCUT2D eigenvalue weighted by molar-refractivity contribution is 0.368. The van der Waals surface area contributed by atoms with E-state index in [1.165, 1.54) is 12.8 Å². The summed E-state index contributed by atoms with van der Waals surface area (Å²) in [5.74, 6) is 0.613. The van der Waals surface area contributed by atoms with Crippen LogP contribution < -0.4 is 5.32 Å². The zero-order valence-corrected chi connectivity index (χ0v) is 9.22. The molecule has 0 saturated carbocycles. The Balaban J connectivity index is 2.05. The highest BCUT2D eigenvalue weighted by Gasteiger charge is 2.15. The highest BCUT2D eigenvalue weighted by Crippen LogP contribution is 2.20. The van der Waals surface area contributed by atoms with Crippen LogP contribution in [0.1, 0.15) is 24.0 Å². The standard InChI is InChI=1S/C13H18FN/c1-10-2-3-13(14)12(8-10)9-11-4-6-15-7-5-11/h2-3,8,11,15H,4-7,9H2,1H3. The lowest BCUT2D eigenvalue weighted by atomic mass is 9.90. The lowest BCUT2D eigenvalue weighted by Gasteiger charge is -2.22. The van der Waals surface area contributed by atoms with E-state index in [9.17, 15) is 4.39 Å². The van der Waals surface area contributed by atoms with E-state index in [1.54, 1.807) is 6.07 Å². The molecule has 82 valence electrons. The normalized spacial score (nSPS) is 18.0. The first-order valence-corrected chi connectivity index (χ1v) is 5.71. The molecule has 1 fully saturated rings. The molecule has 2 heteroatoms. The van der Waals surface area contributed by atoms with Crippen LogP contribution >= 0.6 is 0 Å². The Labute approximate surface area is 90.7 Å². The van der Waals surface area contributed by atoms with Crippen molar-refractivity contribution in [3.05, 3.63) is 35.1 Å². The Hall–Kier alpha value is -0.890. The molecule has 0 radical (unpaired) electrons. The molecular weight excluding hydrogens is 189 g/mol. The zero-order chi connectivity index (χ0) is 10.7. The van der Waals surface area contributed by atoms with Gasteiger partial charge in [0.1, 0.15) is 5.82 Å². The summed E-state index contributed by atoms with van der Waals surface area (Å²) in [6.07, 6.45) is 3.25. The van der Waals surface area contributed by atoms with Gasteiger partial charge in [0, 0.05) is 0 Å². The minimum atomic E-state index is -0.0425. The van der Waals surface area contributed by atoms with Crippen LogP contribution in [-0.4, -0.2) is 13.1 Å². The van der Waals surface area contributed by atoms with Gasteiger partial charge in [0.15, 0.2) is 0 Å². The highest BCUT2D eigenvalue weighted by atomic mass is 19.1. The summed E-state index contributed by atoms with van der Waals surface area (Å²) >= 11 is 0. The van der Waals surface area contributed by atoms with Gasteiger partial charge in [-0.15, -0.1) is 0 Å². The molecule has 0 amide bonds. The van der Waals surface area contributed by atoms with Crippen molar-refractivity contribution >= 4 is 0 Å². The molecule has 1 aromatic carbocycles. The predicted octanol–water partition coefficient (Wildman–Crippen LogP) is 2.68. The molecule has 1 aliphatic heterocycles. The van der Waals surface area contributed by atoms with Crippen LogP contribution in [0.2, 0.25) is 0 Å². The third-order valence-electron chi connectivity index (χ3n) is 3.17. The maximum Gasteiger partial charge on any atom is 0.126 e. The van der Waals surface area contributed by atoms with E-state index in [1.807, 2.05) is 19.1 Å².